The second-order valence-corrected chi connectivity index (χ2v) is 9.37. The van der Waals surface area contributed by atoms with Gasteiger partial charge in [-0.3, -0.25) is 19.7 Å². The molecule has 3 amide bonds. The van der Waals surface area contributed by atoms with Crippen molar-refractivity contribution in [1.29, 1.82) is 0 Å². The fourth-order valence-electron chi connectivity index (χ4n) is 3.49. The summed E-state index contributed by atoms with van der Waals surface area (Å²) in [4.78, 5) is 38.9. The average Bonchev–Trinajstić information content (AvgIpc) is 3.41. The molecule has 2 N–H and O–H groups in total. The molecule has 9 heteroatoms. The van der Waals surface area contributed by atoms with E-state index in [-0.39, 0.29) is 29.6 Å². The molecule has 33 heavy (non-hydrogen) atoms. The average molecular weight is 464 g/mol. The maximum absolute atomic E-state index is 12.7. The molecule has 1 aliphatic heterocycles. The van der Waals surface area contributed by atoms with E-state index in [1.807, 2.05) is 31.2 Å². The Morgan fingerprint density at radius 2 is 1.85 bits per heavy atom. The summed E-state index contributed by atoms with van der Waals surface area (Å²) < 4.78 is 0. The standard InChI is InChI=1S/C24H25N5O3S/c1-14(2)21(31)25-18-6-4-5-16(11-18)22(32)26-24-28-27-23(33-24)17-12-20(30)29(13-17)19-9-7-15(3)8-10-19/h4-11,14,17H,12-13H2,1-3H3,(H,25,31)(H,26,28,32)/t17-/m1/s1. The van der Waals surface area contributed by atoms with Gasteiger partial charge in [0, 0.05) is 41.7 Å². The number of nitrogens with one attached hydrogen (secondary N) is 2. The smallest absolute Gasteiger partial charge is 0.257 e. The van der Waals surface area contributed by atoms with Crippen LogP contribution in [0.25, 0.3) is 0 Å². The number of nitrogens with zero attached hydrogens (tertiary/aromatic N) is 3. The Hall–Kier alpha value is -3.59. The van der Waals surface area contributed by atoms with Gasteiger partial charge >= 0.3 is 0 Å². The van der Waals surface area contributed by atoms with Crippen molar-refractivity contribution in [2.45, 2.75) is 33.1 Å². The van der Waals surface area contributed by atoms with Crippen molar-refractivity contribution in [3.63, 3.8) is 0 Å². The van der Waals surface area contributed by atoms with Gasteiger partial charge in [-0.05, 0) is 37.3 Å². The van der Waals surface area contributed by atoms with E-state index in [1.165, 1.54) is 11.3 Å². The number of rotatable bonds is 6. The first-order chi connectivity index (χ1) is 15.8. The van der Waals surface area contributed by atoms with Crippen molar-refractivity contribution < 1.29 is 14.4 Å². The Bertz CT molecular complexity index is 1190. The molecule has 2 heterocycles. The summed E-state index contributed by atoms with van der Waals surface area (Å²) in [6.45, 7) is 6.14. The van der Waals surface area contributed by atoms with Crippen LogP contribution in [0.4, 0.5) is 16.5 Å². The number of carbonyl (C=O) groups is 3. The van der Waals surface area contributed by atoms with Gasteiger partial charge in [-0.15, -0.1) is 10.2 Å². The normalized spacial score (nSPS) is 15.7. The Morgan fingerprint density at radius 1 is 1.09 bits per heavy atom. The molecule has 0 radical (unpaired) electrons. The quantitative estimate of drug-likeness (QED) is 0.570. The molecule has 1 fully saturated rings. The lowest BCUT2D eigenvalue weighted by Crippen LogP contribution is -2.24. The molecule has 0 saturated carbocycles. The van der Waals surface area contributed by atoms with Crippen LogP contribution in [0.3, 0.4) is 0 Å². The number of hydrogen-bond donors (Lipinski definition) is 2. The highest BCUT2D eigenvalue weighted by Crippen LogP contribution is 2.34. The highest BCUT2D eigenvalue weighted by atomic mass is 32.1. The van der Waals surface area contributed by atoms with Crippen LogP contribution in [0.1, 0.15) is 47.1 Å². The minimum atomic E-state index is -0.345. The maximum Gasteiger partial charge on any atom is 0.257 e. The summed E-state index contributed by atoms with van der Waals surface area (Å²) in [6, 6.07) is 14.6. The summed E-state index contributed by atoms with van der Waals surface area (Å²) in [5.74, 6) is -0.651. The van der Waals surface area contributed by atoms with Crippen molar-refractivity contribution in [3.8, 4) is 0 Å². The Morgan fingerprint density at radius 3 is 2.58 bits per heavy atom. The van der Waals surface area contributed by atoms with Gasteiger partial charge in [0.15, 0.2) is 0 Å². The molecular formula is C24H25N5O3S. The van der Waals surface area contributed by atoms with Crippen molar-refractivity contribution in [2.75, 3.05) is 22.1 Å². The summed E-state index contributed by atoms with van der Waals surface area (Å²) in [5, 5.41) is 14.9. The van der Waals surface area contributed by atoms with Gasteiger partial charge in [0.1, 0.15) is 5.01 Å². The topological polar surface area (TPSA) is 104 Å². The number of aromatic nitrogens is 2. The summed E-state index contributed by atoms with van der Waals surface area (Å²) >= 11 is 1.27. The van der Waals surface area contributed by atoms with Crippen LogP contribution in [0.5, 0.6) is 0 Å². The van der Waals surface area contributed by atoms with E-state index in [4.69, 9.17) is 0 Å². The summed E-state index contributed by atoms with van der Waals surface area (Å²) in [5.41, 5.74) is 2.96. The molecule has 170 valence electrons. The van der Waals surface area contributed by atoms with Crippen LogP contribution < -0.4 is 15.5 Å². The minimum absolute atomic E-state index is 0.0462. The van der Waals surface area contributed by atoms with E-state index in [0.29, 0.717) is 34.4 Å². The fraction of sp³-hybridized carbons (Fsp3) is 0.292. The van der Waals surface area contributed by atoms with E-state index in [2.05, 4.69) is 20.8 Å². The lowest BCUT2D eigenvalue weighted by Gasteiger charge is -2.16. The Balaban J connectivity index is 1.41. The molecule has 1 saturated heterocycles. The van der Waals surface area contributed by atoms with Crippen LogP contribution in [0, 0.1) is 12.8 Å². The minimum Gasteiger partial charge on any atom is -0.326 e. The molecule has 3 aromatic rings. The third kappa shape index (κ3) is 5.25. The second-order valence-electron chi connectivity index (χ2n) is 8.37. The molecule has 0 bridgehead atoms. The first kappa shape index (κ1) is 22.6. The molecular weight excluding hydrogens is 438 g/mol. The Kier molecular flexibility index (Phi) is 6.50. The van der Waals surface area contributed by atoms with Gasteiger partial charge in [-0.1, -0.05) is 48.9 Å². The van der Waals surface area contributed by atoms with E-state index in [1.54, 1.807) is 43.0 Å². The number of carbonyl (C=O) groups excluding carboxylic acids is 3. The number of hydrogen-bond acceptors (Lipinski definition) is 6. The summed E-state index contributed by atoms with van der Waals surface area (Å²) in [6.07, 6.45) is 0.355. The Labute approximate surface area is 196 Å². The highest BCUT2D eigenvalue weighted by Gasteiger charge is 2.34. The monoisotopic (exact) mass is 463 g/mol. The van der Waals surface area contributed by atoms with Gasteiger partial charge in [0.25, 0.3) is 5.91 Å². The number of amides is 3. The van der Waals surface area contributed by atoms with Crippen LogP contribution in [0.15, 0.2) is 48.5 Å². The van der Waals surface area contributed by atoms with Crippen LogP contribution in [-0.4, -0.2) is 34.5 Å². The van der Waals surface area contributed by atoms with Crippen molar-refractivity contribution >= 4 is 45.6 Å². The van der Waals surface area contributed by atoms with Gasteiger partial charge in [0.2, 0.25) is 16.9 Å². The predicted octanol–water partition coefficient (Wildman–Crippen LogP) is 4.21. The van der Waals surface area contributed by atoms with Crippen LogP contribution in [0.2, 0.25) is 0 Å². The maximum atomic E-state index is 12.7. The highest BCUT2D eigenvalue weighted by molar-refractivity contribution is 7.15. The number of aryl methyl sites for hydroxylation is 1. The van der Waals surface area contributed by atoms with Crippen molar-refractivity contribution in [3.05, 3.63) is 64.7 Å². The molecule has 1 aliphatic rings. The first-order valence-corrected chi connectivity index (χ1v) is 11.5. The zero-order valence-electron chi connectivity index (χ0n) is 18.7. The van der Waals surface area contributed by atoms with Gasteiger partial charge in [0.05, 0.1) is 0 Å². The van der Waals surface area contributed by atoms with Crippen molar-refractivity contribution in [2.24, 2.45) is 5.92 Å². The van der Waals surface area contributed by atoms with E-state index in [9.17, 15) is 14.4 Å². The van der Waals surface area contributed by atoms with Crippen LogP contribution >= 0.6 is 11.3 Å². The van der Waals surface area contributed by atoms with Crippen molar-refractivity contribution in [1.82, 2.24) is 10.2 Å². The number of anilines is 3. The molecule has 1 aromatic heterocycles. The number of benzene rings is 2. The largest absolute Gasteiger partial charge is 0.326 e. The molecule has 8 nitrogen and oxygen atoms in total. The molecule has 4 rings (SSSR count). The second kappa shape index (κ2) is 9.50. The summed E-state index contributed by atoms with van der Waals surface area (Å²) in [7, 11) is 0. The SMILES string of the molecule is Cc1ccc(N2C[C@H](c3nnc(NC(=O)c4cccc(NC(=O)C(C)C)c4)s3)CC2=O)cc1. The molecule has 0 spiro atoms. The third-order valence-electron chi connectivity index (χ3n) is 5.40. The van der Waals surface area contributed by atoms with E-state index >= 15 is 0 Å². The lowest BCUT2D eigenvalue weighted by atomic mass is 10.1. The third-order valence-corrected chi connectivity index (χ3v) is 6.40. The molecule has 2 aromatic carbocycles. The molecule has 1 atom stereocenters. The molecule has 0 unspecified atom stereocenters. The predicted molar refractivity (Wildman–Crippen MR) is 129 cm³/mol. The zero-order chi connectivity index (χ0) is 23.5. The molecule has 0 aliphatic carbocycles. The van der Waals surface area contributed by atoms with E-state index in [0.717, 1.165) is 11.3 Å². The van der Waals surface area contributed by atoms with Gasteiger partial charge < -0.3 is 10.2 Å². The fourth-order valence-corrected chi connectivity index (χ4v) is 4.32. The lowest BCUT2D eigenvalue weighted by molar-refractivity contribution is -0.119. The van der Waals surface area contributed by atoms with E-state index < -0.39 is 0 Å². The van der Waals surface area contributed by atoms with Gasteiger partial charge in [-0.2, -0.15) is 0 Å². The first-order valence-electron chi connectivity index (χ1n) is 10.7. The zero-order valence-corrected chi connectivity index (χ0v) is 19.5. The van der Waals surface area contributed by atoms with Gasteiger partial charge in [-0.25, -0.2) is 0 Å². The van der Waals surface area contributed by atoms with Crippen LogP contribution in [-0.2, 0) is 9.59 Å².